The quantitative estimate of drug-likeness (QED) is 0.645. The van der Waals surface area contributed by atoms with Gasteiger partial charge in [0.15, 0.2) is 6.10 Å². The van der Waals surface area contributed by atoms with Crippen molar-refractivity contribution in [1.82, 2.24) is 10.9 Å². The van der Waals surface area contributed by atoms with Crippen LogP contribution in [0.1, 0.15) is 27.6 Å². The zero-order valence-electron chi connectivity index (χ0n) is 13.1. The average Bonchev–Trinajstić information content (AvgIpc) is 2.59. The van der Waals surface area contributed by atoms with Crippen LogP contribution in [0.15, 0.2) is 48.5 Å². The molecule has 6 nitrogen and oxygen atoms in total. The van der Waals surface area contributed by atoms with E-state index in [2.05, 4.69) is 10.9 Å². The van der Waals surface area contributed by atoms with E-state index in [1.54, 1.807) is 30.3 Å². The Kier molecular flexibility index (Phi) is 6.08. The topological polar surface area (TPSA) is 84.5 Å². The van der Waals surface area contributed by atoms with Gasteiger partial charge in [-0.2, -0.15) is 0 Å². The van der Waals surface area contributed by atoms with Crippen LogP contribution < -0.4 is 10.9 Å². The molecule has 1 atom stereocenters. The zero-order valence-corrected chi connectivity index (χ0v) is 13.8. The zero-order chi connectivity index (χ0) is 18.4. The number of rotatable bonds is 4. The van der Waals surface area contributed by atoms with Crippen LogP contribution in [0.4, 0.5) is 4.39 Å². The molecule has 0 heterocycles. The largest absolute Gasteiger partial charge is 0.449 e. The maximum atomic E-state index is 13.7. The first-order valence-electron chi connectivity index (χ1n) is 7.20. The normalized spacial score (nSPS) is 11.3. The Morgan fingerprint density at radius 1 is 1.04 bits per heavy atom. The molecule has 0 aliphatic carbocycles. The van der Waals surface area contributed by atoms with Crippen molar-refractivity contribution < 1.29 is 23.5 Å². The lowest BCUT2D eigenvalue weighted by Gasteiger charge is -2.14. The number of hydrazine groups is 1. The molecule has 0 bridgehead atoms. The molecule has 8 heteroatoms. The molecule has 0 saturated carbocycles. The van der Waals surface area contributed by atoms with Crippen molar-refractivity contribution in [2.24, 2.45) is 0 Å². The van der Waals surface area contributed by atoms with Gasteiger partial charge in [-0.15, -0.1) is 0 Å². The van der Waals surface area contributed by atoms with Crippen molar-refractivity contribution in [2.45, 2.75) is 13.0 Å². The Balaban J connectivity index is 1.92. The van der Waals surface area contributed by atoms with Crippen LogP contribution in [0.3, 0.4) is 0 Å². The molecule has 0 saturated heterocycles. The molecule has 0 aromatic heterocycles. The molecule has 130 valence electrons. The Labute approximate surface area is 147 Å². The van der Waals surface area contributed by atoms with Crippen LogP contribution in [-0.2, 0) is 9.53 Å². The smallest absolute Gasteiger partial charge is 0.343 e. The first kappa shape index (κ1) is 18.4. The summed E-state index contributed by atoms with van der Waals surface area (Å²) in [6.45, 7) is 1.27. The minimum absolute atomic E-state index is 0.130. The summed E-state index contributed by atoms with van der Waals surface area (Å²) in [7, 11) is 0. The number of benzene rings is 2. The highest BCUT2D eigenvalue weighted by Crippen LogP contribution is 2.20. The molecular weight excluding hydrogens is 351 g/mol. The van der Waals surface area contributed by atoms with Gasteiger partial charge in [0, 0.05) is 5.56 Å². The molecule has 2 rings (SSSR count). The fourth-order valence-electron chi connectivity index (χ4n) is 1.85. The number of ether oxygens (including phenoxy) is 1. The molecular formula is C17H14ClFN2O4. The highest BCUT2D eigenvalue weighted by molar-refractivity contribution is 6.33. The van der Waals surface area contributed by atoms with Crippen LogP contribution in [0.5, 0.6) is 0 Å². The van der Waals surface area contributed by atoms with E-state index in [-0.39, 0.29) is 5.02 Å². The second kappa shape index (κ2) is 8.25. The Morgan fingerprint density at radius 3 is 2.36 bits per heavy atom. The number of hydrogen-bond donors (Lipinski definition) is 2. The fourth-order valence-corrected chi connectivity index (χ4v) is 2.09. The van der Waals surface area contributed by atoms with Gasteiger partial charge in [0.2, 0.25) is 0 Å². The van der Waals surface area contributed by atoms with Crippen molar-refractivity contribution in [3.05, 3.63) is 70.5 Å². The Morgan fingerprint density at radius 2 is 1.72 bits per heavy atom. The van der Waals surface area contributed by atoms with Crippen molar-refractivity contribution in [2.75, 3.05) is 0 Å². The lowest BCUT2D eigenvalue weighted by molar-refractivity contribution is -0.129. The maximum absolute atomic E-state index is 13.7. The van der Waals surface area contributed by atoms with Crippen molar-refractivity contribution in [3.8, 4) is 0 Å². The number of carbonyl (C=O) groups is 3. The second-order valence-corrected chi connectivity index (χ2v) is 5.36. The minimum atomic E-state index is -1.28. The Hall–Kier alpha value is -2.93. The fraction of sp³-hybridized carbons (Fsp3) is 0.118. The summed E-state index contributed by atoms with van der Waals surface area (Å²) in [5.41, 5.74) is 4.19. The summed E-state index contributed by atoms with van der Waals surface area (Å²) in [5.74, 6) is -3.27. The molecule has 25 heavy (non-hydrogen) atoms. The lowest BCUT2D eigenvalue weighted by atomic mass is 10.2. The first-order valence-corrected chi connectivity index (χ1v) is 7.58. The molecule has 2 aromatic rings. The molecule has 2 aromatic carbocycles. The van der Waals surface area contributed by atoms with Crippen LogP contribution >= 0.6 is 11.6 Å². The highest BCUT2D eigenvalue weighted by Gasteiger charge is 2.23. The minimum Gasteiger partial charge on any atom is -0.449 e. The van der Waals surface area contributed by atoms with Gasteiger partial charge >= 0.3 is 5.97 Å². The molecule has 0 spiro atoms. The summed E-state index contributed by atoms with van der Waals surface area (Å²) in [6, 6.07) is 11.9. The molecule has 2 amide bonds. The molecule has 0 radical (unpaired) electrons. The van der Waals surface area contributed by atoms with Crippen LogP contribution in [0.2, 0.25) is 5.02 Å². The molecule has 0 aliphatic heterocycles. The predicted octanol–water partition coefficient (Wildman–Crippen LogP) is 2.49. The second-order valence-electron chi connectivity index (χ2n) is 4.95. The number of amides is 2. The van der Waals surface area contributed by atoms with Crippen molar-refractivity contribution in [3.63, 3.8) is 0 Å². The summed E-state index contributed by atoms with van der Waals surface area (Å²) >= 11 is 5.76. The number of nitrogens with one attached hydrogen (secondary N) is 2. The van der Waals surface area contributed by atoms with E-state index in [0.717, 1.165) is 6.07 Å². The number of hydrogen-bond acceptors (Lipinski definition) is 4. The predicted molar refractivity (Wildman–Crippen MR) is 88.3 cm³/mol. The van der Waals surface area contributed by atoms with Gasteiger partial charge in [0.1, 0.15) is 11.4 Å². The van der Waals surface area contributed by atoms with Crippen LogP contribution in [0.25, 0.3) is 0 Å². The van der Waals surface area contributed by atoms with E-state index >= 15 is 0 Å². The van der Waals surface area contributed by atoms with Crippen LogP contribution in [-0.4, -0.2) is 23.9 Å². The summed E-state index contributed by atoms with van der Waals surface area (Å²) in [4.78, 5) is 35.6. The van der Waals surface area contributed by atoms with Crippen molar-refractivity contribution in [1.29, 1.82) is 0 Å². The average molecular weight is 365 g/mol. The monoisotopic (exact) mass is 364 g/mol. The van der Waals surface area contributed by atoms with E-state index in [4.69, 9.17) is 16.3 Å². The van der Waals surface area contributed by atoms with Gasteiger partial charge in [-0.3, -0.25) is 20.4 Å². The summed E-state index contributed by atoms with van der Waals surface area (Å²) in [5, 5.41) is -0.130. The summed E-state index contributed by atoms with van der Waals surface area (Å²) < 4.78 is 18.5. The van der Waals surface area contributed by atoms with E-state index in [1.807, 2.05) is 0 Å². The number of carbonyl (C=O) groups excluding carboxylic acids is 3. The van der Waals surface area contributed by atoms with E-state index in [9.17, 15) is 18.8 Å². The lowest BCUT2D eigenvalue weighted by Crippen LogP contribution is -2.46. The number of halogens is 2. The van der Waals surface area contributed by atoms with Gasteiger partial charge in [0.25, 0.3) is 11.8 Å². The third-order valence-electron chi connectivity index (χ3n) is 3.16. The Bertz CT molecular complexity index is 778. The first-order chi connectivity index (χ1) is 11.9. The maximum Gasteiger partial charge on any atom is 0.343 e. The SMILES string of the molecule is C[C@H](OC(=O)c1c(F)cccc1Cl)C(=O)NNC(=O)c1ccccc1. The van der Waals surface area contributed by atoms with Gasteiger partial charge in [-0.25, -0.2) is 9.18 Å². The third-order valence-corrected chi connectivity index (χ3v) is 3.47. The third kappa shape index (κ3) is 4.77. The molecule has 0 fully saturated rings. The van der Waals surface area contributed by atoms with Gasteiger partial charge < -0.3 is 4.74 Å². The van der Waals surface area contributed by atoms with Gasteiger partial charge in [-0.05, 0) is 31.2 Å². The van der Waals surface area contributed by atoms with E-state index in [0.29, 0.717) is 5.56 Å². The summed E-state index contributed by atoms with van der Waals surface area (Å²) in [6.07, 6.45) is -1.28. The van der Waals surface area contributed by atoms with E-state index < -0.39 is 35.3 Å². The van der Waals surface area contributed by atoms with E-state index in [1.165, 1.54) is 19.1 Å². The van der Waals surface area contributed by atoms with Crippen LogP contribution in [0, 0.1) is 5.82 Å². The standard InChI is InChI=1S/C17H14ClFN2O4/c1-10(25-17(24)14-12(18)8-5-9-13(14)19)15(22)20-21-16(23)11-6-3-2-4-7-11/h2-10H,1H3,(H,20,22)(H,21,23)/t10-/m0/s1. The number of esters is 1. The highest BCUT2D eigenvalue weighted by atomic mass is 35.5. The molecule has 2 N–H and O–H groups in total. The van der Waals surface area contributed by atoms with Gasteiger partial charge in [0.05, 0.1) is 5.02 Å². The molecule has 0 unspecified atom stereocenters. The van der Waals surface area contributed by atoms with Crippen molar-refractivity contribution >= 4 is 29.4 Å². The molecule has 0 aliphatic rings. The van der Waals surface area contributed by atoms with Gasteiger partial charge in [-0.1, -0.05) is 35.9 Å².